The zero-order valence-electron chi connectivity index (χ0n) is 17.2. The molecule has 0 aliphatic carbocycles. The Hall–Kier alpha value is -3.45. The van der Waals surface area contributed by atoms with Gasteiger partial charge in [0.2, 0.25) is 5.91 Å². The Morgan fingerprint density at radius 2 is 1.84 bits per heavy atom. The lowest BCUT2D eigenvalue weighted by Gasteiger charge is -2.19. The van der Waals surface area contributed by atoms with Crippen molar-refractivity contribution >= 4 is 32.6 Å². The molecule has 0 N–H and O–H groups in total. The number of aromatic nitrogens is 2. The van der Waals surface area contributed by atoms with E-state index >= 15 is 0 Å². The van der Waals surface area contributed by atoms with Crippen LogP contribution in [0, 0.1) is 0 Å². The summed E-state index contributed by atoms with van der Waals surface area (Å²) in [7, 11) is 0. The van der Waals surface area contributed by atoms with E-state index in [1.54, 1.807) is 11.1 Å². The molecule has 1 amide bonds. The van der Waals surface area contributed by atoms with E-state index in [2.05, 4.69) is 4.98 Å². The number of rotatable bonds is 9. The van der Waals surface area contributed by atoms with Gasteiger partial charge in [-0.25, -0.2) is 4.98 Å². The van der Waals surface area contributed by atoms with Crippen molar-refractivity contribution in [2.24, 2.45) is 0 Å². The SMILES string of the molecule is CCOc1ccc2nc(N(Cc3ccccn3)C(=O)CCOc3ccccc3)sc2c1. The number of ether oxygens (including phenoxy) is 2. The van der Waals surface area contributed by atoms with E-state index in [1.807, 2.05) is 73.7 Å². The number of anilines is 1. The highest BCUT2D eigenvalue weighted by atomic mass is 32.1. The van der Waals surface area contributed by atoms with Gasteiger partial charge in [-0.2, -0.15) is 0 Å². The number of benzene rings is 2. The first kappa shape index (κ1) is 20.8. The van der Waals surface area contributed by atoms with Crippen LogP contribution in [0.3, 0.4) is 0 Å². The molecular formula is C24H23N3O3S. The topological polar surface area (TPSA) is 64.5 Å². The summed E-state index contributed by atoms with van der Waals surface area (Å²) >= 11 is 1.47. The molecule has 0 unspecified atom stereocenters. The Balaban J connectivity index is 1.54. The van der Waals surface area contributed by atoms with Gasteiger partial charge in [0.1, 0.15) is 11.5 Å². The van der Waals surface area contributed by atoms with Crippen LogP contribution in [0.15, 0.2) is 72.9 Å². The third-order valence-corrected chi connectivity index (χ3v) is 5.61. The van der Waals surface area contributed by atoms with E-state index in [0.717, 1.165) is 27.4 Å². The largest absolute Gasteiger partial charge is 0.494 e. The number of para-hydroxylation sites is 1. The van der Waals surface area contributed by atoms with Gasteiger partial charge in [-0.15, -0.1) is 0 Å². The summed E-state index contributed by atoms with van der Waals surface area (Å²) in [6.45, 7) is 3.19. The first-order valence-corrected chi connectivity index (χ1v) is 11.0. The van der Waals surface area contributed by atoms with Gasteiger partial charge >= 0.3 is 0 Å². The van der Waals surface area contributed by atoms with Crippen molar-refractivity contribution in [2.45, 2.75) is 19.9 Å². The molecule has 0 aliphatic rings. The summed E-state index contributed by atoms with van der Waals surface area (Å²) in [5.41, 5.74) is 1.64. The van der Waals surface area contributed by atoms with Gasteiger partial charge in [0.25, 0.3) is 0 Å². The number of hydrogen-bond donors (Lipinski definition) is 0. The van der Waals surface area contributed by atoms with E-state index in [4.69, 9.17) is 14.5 Å². The van der Waals surface area contributed by atoms with Gasteiger partial charge in [-0.3, -0.25) is 14.7 Å². The number of amides is 1. The normalized spacial score (nSPS) is 10.7. The van der Waals surface area contributed by atoms with Crippen molar-refractivity contribution in [3.8, 4) is 11.5 Å². The Morgan fingerprint density at radius 1 is 1.00 bits per heavy atom. The van der Waals surface area contributed by atoms with Gasteiger partial charge in [0.05, 0.1) is 42.1 Å². The smallest absolute Gasteiger partial charge is 0.232 e. The van der Waals surface area contributed by atoms with Crippen molar-refractivity contribution in [3.63, 3.8) is 0 Å². The summed E-state index contributed by atoms with van der Waals surface area (Å²) < 4.78 is 12.3. The molecule has 0 saturated carbocycles. The van der Waals surface area contributed by atoms with Crippen LogP contribution < -0.4 is 14.4 Å². The summed E-state index contributed by atoms with van der Waals surface area (Å²) in [6.07, 6.45) is 1.96. The van der Waals surface area contributed by atoms with Crippen molar-refractivity contribution in [1.29, 1.82) is 0 Å². The summed E-state index contributed by atoms with van der Waals surface area (Å²) in [4.78, 5) is 23.9. The second-order valence-electron chi connectivity index (χ2n) is 6.77. The quantitative estimate of drug-likeness (QED) is 0.368. The number of nitrogens with zero attached hydrogens (tertiary/aromatic N) is 3. The summed E-state index contributed by atoms with van der Waals surface area (Å²) in [5.74, 6) is 1.48. The van der Waals surface area contributed by atoms with Crippen LogP contribution in [0.5, 0.6) is 11.5 Å². The highest BCUT2D eigenvalue weighted by molar-refractivity contribution is 7.22. The van der Waals surface area contributed by atoms with Crippen LogP contribution in [0.1, 0.15) is 19.0 Å². The van der Waals surface area contributed by atoms with Gasteiger partial charge in [0, 0.05) is 6.20 Å². The minimum absolute atomic E-state index is 0.0642. The number of carbonyl (C=O) groups is 1. The maximum absolute atomic E-state index is 13.1. The van der Waals surface area contributed by atoms with E-state index in [9.17, 15) is 4.79 Å². The molecule has 2 aromatic carbocycles. The molecule has 0 aliphatic heterocycles. The van der Waals surface area contributed by atoms with E-state index in [0.29, 0.717) is 24.9 Å². The van der Waals surface area contributed by atoms with Crippen LogP contribution in [-0.2, 0) is 11.3 Å². The predicted octanol–water partition coefficient (Wildman–Crippen LogP) is 5.09. The zero-order valence-corrected chi connectivity index (χ0v) is 18.0. The van der Waals surface area contributed by atoms with E-state index in [1.165, 1.54) is 11.3 Å². The fraction of sp³-hybridized carbons (Fsp3) is 0.208. The van der Waals surface area contributed by atoms with Crippen LogP contribution >= 0.6 is 11.3 Å². The van der Waals surface area contributed by atoms with Crippen LogP contribution in [0.25, 0.3) is 10.2 Å². The molecule has 0 bridgehead atoms. The molecule has 4 aromatic rings. The predicted molar refractivity (Wildman–Crippen MR) is 123 cm³/mol. The molecule has 6 nitrogen and oxygen atoms in total. The van der Waals surface area contributed by atoms with Crippen molar-refractivity contribution in [2.75, 3.05) is 18.1 Å². The first-order valence-electron chi connectivity index (χ1n) is 10.1. The van der Waals surface area contributed by atoms with E-state index < -0.39 is 0 Å². The second-order valence-corrected chi connectivity index (χ2v) is 7.78. The third kappa shape index (κ3) is 5.38. The molecule has 158 valence electrons. The Morgan fingerprint density at radius 3 is 2.61 bits per heavy atom. The summed E-state index contributed by atoms with van der Waals surface area (Å²) in [5, 5.41) is 0.638. The average Bonchev–Trinajstić information content (AvgIpc) is 3.22. The number of thiazole rings is 1. The number of hydrogen-bond acceptors (Lipinski definition) is 6. The minimum Gasteiger partial charge on any atom is -0.494 e. The van der Waals surface area contributed by atoms with Crippen molar-refractivity contribution < 1.29 is 14.3 Å². The van der Waals surface area contributed by atoms with Crippen molar-refractivity contribution in [1.82, 2.24) is 9.97 Å². The van der Waals surface area contributed by atoms with Crippen LogP contribution in [0.2, 0.25) is 0 Å². The Labute approximate surface area is 185 Å². The second kappa shape index (κ2) is 10.0. The monoisotopic (exact) mass is 433 g/mol. The lowest BCUT2D eigenvalue weighted by atomic mass is 10.3. The van der Waals surface area contributed by atoms with Crippen LogP contribution in [-0.4, -0.2) is 29.1 Å². The lowest BCUT2D eigenvalue weighted by molar-refractivity contribution is -0.119. The van der Waals surface area contributed by atoms with Crippen molar-refractivity contribution in [3.05, 3.63) is 78.6 Å². The molecule has 0 saturated heterocycles. The van der Waals surface area contributed by atoms with Gasteiger partial charge in [-0.1, -0.05) is 35.6 Å². The number of carbonyl (C=O) groups excluding carboxylic acids is 1. The third-order valence-electron chi connectivity index (χ3n) is 4.57. The highest BCUT2D eigenvalue weighted by Gasteiger charge is 2.21. The molecule has 2 aromatic heterocycles. The minimum atomic E-state index is -0.0642. The zero-order chi connectivity index (χ0) is 21.5. The molecular weight excluding hydrogens is 410 g/mol. The van der Waals surface area contributed by atoms with Gasteiger partial charge in [0.15, 0.2) is 5.13 Å². The average molecular weight is 434 g/mol. The Kier molecular flexibility index (Phi) is 6.74. The maximum atomic E-state index is 13.1. The molecule has 31 heavy (non-hydrogen) atoms. The molecule has 0 spiro atoms. The molecule has 2 heterocycles. The van der Waals surface area contributed by atoms with Gasteiger partial charge in [-0.05, 0) is 49.4 Å². The maximum Gasteiger partial charge on any atom is 0.232 e. The molecule has 0 radical (unpaired) electrons. The summed E-state index contributed by atoms with van der Waals surface area (Å²) in [6, 6.07) is 20.9. The number of fused-ring (bicyclic) bond motifs is 1. The first-order chi connectivity index (χ1) is 15.2. The number of pyridine rings is 1. The molecule has 0 fully saturated rings. The fourth-order valence-electron chi connectivity index (χ4n) is 3.09. The fourth-order valence-corrected chi connectivity index (χ4v) is 4.10. The molecule has 4 rings (SSSR count). The molecule has 0 atom stereocenters. The highest BCUT2D eigenvalue weighted by Crippen LogP contribution is 2.32. The van der Waals surface area contributed by atoms with Crippen LogP contribution in [0.4, 0.5) is 5.13 Å². The standard InChI is InChI=1S/C24H23N3O3S/c1-2-29-20-11-12-21-22(16-20)31-24(26-21)27(17-18-8-6-7-14-25-18)23(28)13-15-30-19-9-4-3-5-10-19/h3-12,14,16H,2,13,15,17H2,1H3. The van der Waals surface area contributed by atoms with E-state index in [-0.39, 0.29) is 12.3 Å². The van der Waals surface area contributed by atoms with Gasteiger partial charge < -0.3 is 9.47 Å². The Bertz CT molecular complexity index is 1130. The molecule has 7 heteroatoms. The lowest BCUT2D eigenvalue weighted by Crippen LogP contribution is -2.31.